The lowest BCUT2D eigenvalue weighted by atomic mass is 9.69. The number of ether oxygens (including phenoxy) is 1. The smallest absolute Gasteiger partial charge is 0.252 e. The largest absolute Gasteiger partial charge is 0.348 e. The lowest BCUT2D eigenvalue weighted by molar-refractivity contribution is -0.161. The molecule has 0 aromatic rings. The molecule has 0 N–H and O–H groups in total. The molecule has 0 aromatic carbocycles. The Bertz CT molecular complexity index is 1090. The topological polar surface area (TPSA) is 121 Å². The third-order valence-corrected chi connectivity index (χ3v) is 13.0. The zero-order valence-electron chi connectivity index (χ0n) is 22.7. The predicted molar refractivity (Wildman–Crippen MR) is 146 cm³/mol. The fourth-order valence-corrected chi connectivity index (χ4v) is 9.61. The average molecular weight is 578 g/mol. The normalized spacial score (nSPS) is 36.5. The summed E-state index contributed by atoms with van der Waals surface area (Å²) in [6.07, 6.45) is 6.80. The molecule has 0 bridgehead atoms. The molecule has 2 aliphatic heterocycles. The maximum absolute atomic E-state index is 13.8. The second-order valence-electron chi connectivity index (χ2n) is 11.8. The van der Waals surface area contributed by atoms with Gasteiger partial charge in [-0.2, -0.15) is 0 Å². The minimum atomic E-state index is -3.62. The van der Waals surface area contributed by atoms with E-state index in [-0.39, 0.29) is 49.0 Å². The van der Waals surface area contributed by atoms with Gasteiger partial charge in [-0.3, -0.25) is 9.59 Å². The summed E-state index contributed by atoms with van der Waals surface area (Å²) < 4.78 is 56.1. The minimum absolute atomic E-state index is 0. The van der Waals surface area contributed by atoms with E-state index >= 15 is 0 Å². The van der Waals surface area contributed by atoms with Crippen molar-refractivity contribution < 1.29 is 31.2 Å². The Kier molecular flexibility index (Phi) is 9.64. The number of hydrogen-bond acceptors (Lipinski definition) is 7. The highest BCUT2D eigenvalue weighted by Crippen LogP contribution is 2.44. The molecule has 0 spiro atoms. The molecule has 10 nitrogen and oxygen atoms in total. The van der Waals surface area contributed by atoms with Gasteiger partial charge in [-0.05, 0) is 76.5 Å². The third-order valence-electron chi connectivity index (χ3n) is 9.25. The van der Waals surface area contributed by atoms with Crippen LogP contribution < -0.4 is 0 Å². The van der Waals surface area contributed by atoms with Crippen molar-refractivity contribution in [2.24, 2.45) is 11.8 Å². The van der Waals surface area contributed by atoms with E-state index in [1.807, 2.05) is 16.7 Å². The zero-order chi connectivity index (χ0) is 27.3. The highest BCUT2D eigenvalue weighted by molar-refractivity contribution is 7.91. The van der Waals surface area contributed by atoms with Gasteiger partial charge >= 0.3 is 0 Å². The minimum Gasteiger partial charge on any atom is -0.348 e. The first-order valence-corrected chi connectivity index (χ1v) is 17.0. The van der Waals surface area contributed by atoms with Crippen LogP contribution in [0.2, 0.25) is 0 Å². The van der Waals surface area contributed by atoms with Crippen LogP contribution >= 0.6 is 0 Å². The second kappa shape index (κ2) is 11.7. The first-order valence-electron chi connectivity index (χ1n) is 13.6. The number of carbonyl (C=O) groups is 2. The molecule has 220 valence electrons. The first-order chi connectivity index (χ1) is 17.2. The van der Waals surface area contributed by atoms with Crippen LogP contribution in [-0.4, -0.2) is 105 Å². The number of sulfone groups is 1. The van der Waals surface area contributed by atoms with E-state index in [1.54, 1.807) is 6.92 Å². The van der Waals surface area contributed by atoms with E-state index in [1.165, 1.54) is 20.4 Å². The van der Waals surface area contributed by atoms with Crippen molar-refractivity contribution >= 4 is 31.7 Å². The van der Waals surface area contributed by atoms with Gasteiger partial charge in [0.2, 0.25) is 15.9 Å². The fraction of sp³-hybridized carbons (Fsp3) is 0.923. The monoisotopic (exact) mass is 577 g/mol. The van der Waals surface area contributed by atoms with Crippen molar-refractivity contribution in [1.82, 2.24) is 14.1 Å². The summed E-state index contributed by atoms with van der Waals surface area (Å²) in [5.41, 5.74) is -1.02. The van der Waals surface area contributed by atoms with Crippen molar-refractivity contribution in [2.75, 3.05) is 26.9 Å². The number of sulfonamides is 1. The van der Waals surface area contributed by atoms with Gasteiger partial charge in [0.1, 0.15) is 15.9 Å². The lowest BCUT2D eigenvalue weighted by Crippen LogP contribution is -2.68. The van der Waals surface area contributed by atoms with E-state index in [0.29, 0.717) is 37.6 Å². The van der Waals surface area contributed by atoms with Gasteiger partial charge in [0.15, 0.2) is 5.44 Å². The average Bonchev–Trinajstić information content (AvgIpc) is 3.33. The van der Waals surface area contributed by atoms with E-state index < -0.39 is 31.4 Å². The highest BCUT2D eigenvalue weighted by atomic mass is 32.2. The van der Waals surface area contributed by atoms with Crippen LogP contribution in [0.25, 0.3) is 0 Å². The number of piperazine rings is 1. The lowest BCUT2D eigenvalue weighted by Gasteiger charge is -2.55. The summed E-state index contributed by atoms with van der Waals surface area (Å²) >= 11 is 0. The van der Waals surface area contributed by atoms with Crippen LogP contribution in [0, 0.1) is 11.8 Å². The van der Waals surface area contributed by atoms with E-state index in [2.05, 4.69) is 0 Å². The second-order valence-corrected chi connectivity index (χ2v) is 16.4. The molecule has 2 saturated carbocycles. The van der Waals surface area contributed by atoms with Crippen LogP contribution in [0.1, 0.15) is 79.1 Å². The molecule has 2 heterocycles. The van der Waals surface area contributed by atoms with Crippen molar-refractivity contribution in [1.29, 1.82) is 0 Å². The number of fused-ring (bicyclic) bond motifs is 1. The number of amides is 2. The standard InChI is InChI=1S/C25H43N3O7S2.CH4/c1-16-15-27(25(30)23-12-13-24(35-23)37(33,34)26(3)4)22-14-19(8-11-21(22)28(16)17(2)29)18-6-9-20(10-7-18)36(5,31)32;/h16,18-24H,6-15H2,1-5H3;1H4. The van der Waals surface area contributed by atoms with E-state index in [4.69, 9.17) is 4.74 Å². The molecule has 0 radical (unpaired) electrons. The Labute approximate surface area is 229 Å². The fourth-order valence-electron chi connectivity index (χ4n) is 7.30. The summed E-state index contributed by atoms with van der Waals surface area (Å²) in [5.74, 6) is 0.614. The number of carbonyl (C=O) groups excluding carboxylic acids is 2. The van der Waals surface area contributed by atoms with Gasteiger partial charge in [0.05, 0.1) is 17.3 Å². The highest BCUT2D eigenvalue weighted by Gasteiger charge is 2.50. The van der Waals surface area contributed by atoms with E-state index in [0.717, 1.165) is 36.4 Å². The predicted octanol–water partition coefficient (Wildman–Crippen LogP) is 2.24. The van der Waals surface area contributed by atoms with Gasteiger partial charge in [-0.15, -0.1) is 0 Å². The summed E-state index contributed by atoms with van der Waals surface area (Å²) in [5, 5.41) is -0.257. The molecule has 2 saturated heterocycles. The molecule has 2 aliphatic carbocycles. The Morgan fingerprint density at radius 3 is 2.03 bits per heavy atom. The Morgan fingerprint density at radius 2 is 1.47 bits per heavy atom. The molecule has 38 heavy (non-hydrogen) atoms. The molecule has 6 unspecified atom stereocenters. The molecule has 4 fully saturated rings. The molecule has 12 heteroatoms. The van der Waals surface area contributed by atoms with Crippen molar-refractivity contribution in [3.8, 4) is 0 Å². The van der Waals surface area contributed by atoms with Crippen molar-refractivity contribution in [3.63, 3.8) is 0 Å². The molecular formula is C26H47N3O7S2. The Hall–Kier alpha value is -1.24. The van der Waals surface area contributed by atoms with Crippen molar-refractivity contribution in [2.45, 2.75) is 114 Å². The summed E-state index contributed by atoms with van der Waals surface area (Å²) in [4.78, 5) is 30.2. The molecular weight excluding hydrogens is 530 g/mol. The zero-order valence-corrected chi connectivity index (χ0v) is 24.3. The number of hydrogen-bond donors (Lipinski definition) is 0. The summed E-state index contributed by atoms with van der Waals surface area (Å²) in [6, 6.07) is -0.351. The molecule has 0 aromatic heterocycles. The van der Waals surface area contributed by atoms with Gasteiger partial charge in [-0.1, -0.05) is 7.43 Å². The first kappa shape index (κ1) is 31.3. The number of rotatable bonds is 5. The summed E-state index contributed by atoms with van der Waals surface area (Å²) in [7, 11) is -3.72. The molecule has 4 rings (SSSR count). The Balaban J connectivity index is 0.00000400. The van der Waals surface area contributed by atoms with Crippen molar-refractivity contribution in [3.05, 3.63) is 0 Å². The molecule has 2 amide bonds. The van der Waals surface area contributed by atoms with Gasteiger partial charge in [0.25, 0.3) is 5.91 Å². The molecule has 6 atom stereocenters. The van der Waals surface area contributed by atoms with Crippen LogP contribution in [0.15, 0.2) is 0 Å². The Morgan fingerprint density at radius 1 is 0.868 bits per heavy atom. The maximum Gasteiger partial charge on any atom is 0.252 e. The van der Waals surface area contributed by atoms with Gasteiger partial charge < -0.3 is 14.5 Å². The van der Waals surface area contributed by atoms with Crippen LogP contribution in [0.5, 0.6) is 0 Å². The SMILES string of the molecule is C.CC(=O)N1C(C)CN(C(=O)C2CCC(S(=O)(=O)N(C)C)O2)C2CC(C3CCC(S(C)(=O)=O)CC3)CCC21. The van der Waals surface area contributed by atoms with Crippen LogP contribution in [-0.2, 0) is 34.2 Å². The molecule has 4 aliphatic rings. The van der Waals surface area contributed by atoms with Gasteiger partial charge in [0, 0.05) is 39.9 Å². The third kappa shape index (κ3) is 6.07. The van der Waals surface area contributed by atoms with Crippen LogP contribution in [0.3, 0.4) is 0 Å². The van der Waals surface area contributed by atoms with Gasteiger partial charge in [-0.25, -0.2) is 21.1 Å². The van der Waals surface area contributed by atoms with E-state index in [9.17, 15) is 26.4 Å². The summed E-state index contributed by atoms with van der Waals surface area (Å²) in [6.45, 7) is 3.95. The number of nitrogens with zero attached hydrogens (tertiary/aromatic N) is 3. The maximum atomic E-state index is 13.8. The quantitative estimate of drug-likeness (QED) is 0.491. The van der Waals surface area contributed by atoms with Crippen LogP contribution in [0.4, 0.5) is 0 Å².